The molecule has 0 radical (unpaired) electrons. The zero-order valence-electron chi connectivity index (χ0n) is 13.7. The molecule has 0 unspecified atom stereocenters. The average molecular weight is 290 g/mol. The maximum atomic E-state index is 12.4. The summed E-state index contributed by atoms with van der Waals surface area (Å²) < 4.78 is 0. The summed E-state index contributed by atoms with van der Waals surface area (Å²) in [7, 11) is 4.16. The van der Waals surface area contributed by atoms with Gasteiger partial charge in [0.1, 0.15) is 0 Å². The highest BCUT2D eigenvalue weighted by Crippen LogP contribution is 2.30. The lowest BCUT2D eigenvalue weighted by Gasteiger charge is -2.20. The molecule has 2 rings (SSSR count). The van der Waals surface area contributed by atoms with Gasteiger partial charge >= 0.3 is 0 Å². The topological polar surface area (TPSA) is 40.6 Å². The van der Waals surface area contributed by atoms with Crippen molar-refractivity contribution in [2.24, 2.45) is 0 Å². The Morgan fingerprint density at radius 1 is 0.952 bits per heavy atom. The Balaban J connectivity index is 2.02. The van der Waals surface area contributed by atoms with Crippen LogP contribution in [0.1, 0.15) is 33.1 Å². The van der Waals surface area contributed by atoms with E-state index < -0.39 is 0 Å². The van der Waals surface area contributed by atoms with Gasteiger partial charge in [-0.2, -0.15) is 0 Å². The van der Waals surface area contributed by atoms with Gasteiger partial charge in [-0.15, -0.1) is 0 Å². The second kappa shape index (κ2) is 6.67. The van der Waals surface area contributed by atoms with E-state index in [-0.39, 0.29) is 11.6 Å². The van der Waals surface area contributed by atoms with Crippen molar-refractivity contribution in [1.29, 1.82) is 0 Å². The van der Waals surface area contributed by atoms with Crippen molar-refractivity contribution >= 4 is 11.6 Å². The number of ketones is 2. The van der Waals surface area contributed by atoms with Crippen LogP contribution in [-0.4, -0.2) is 61.6 Å². The van der Waals surface area contributed by atoms with Crippen molar-refractivity contribution < 1.29 is 9.59 Å². The van der Waals surface area contributed by atoms with Gasteiger partial charge in [-0.3, -0.25) is 9.59 Å². The molecule has 0 fully saturated rings. The van der Waals surface area contributed by atoms with E-state index in [1.807, 2.05) is 0 Å². The molecular weight excluding hydrogens is 264 g/mol. The first-order valence-electron chi connectivity index (χ1n) is 7.77. The van der Waals surface area contributed by atoms with Crippen molar-refractivity contribution in [3.8, 4) is 0 Å². The highest BCUT2D eigenvalue weighted by atomic mass is 16.1. The molecule has 1 aliphatic carbocycles. The molecule has 0 bridgehead atoms. The quantitative estimate of drug-likeness (QED) is 0.741. The molecule has 0 atom stereocenters. The van der Waals surface area contributed by atoms with Crippen molar-refractivity contribution in [2.45, 2.75) is 33.1 Å². The van der Waals surface area contributed by atoms with Gasteiger partial charge in [0.15, 0.2) is 11.6 Å². The molecule has 0 aromatic carbocycles. The SMILES string of the molecule is CC1=C(C)C(=O)C2=C(CCN(CCCN(C)C)CC2)C1=O. The molecule has 0 aromatic rings. The Hall–Kier alpha value is -1.26. The van der Waals surface area contributed by atoms with Crippen LogP contribution in [0.25, 0.3) is 0 Å². The lowest BCUT2D eigenvalue weighted by Crippen LogP contribution is -2.28. The molecule has 2 aliphatic rings. The van der Waals surface area contributed by atoms with Crippen LogP contribution in [0.5, 0.6) is 0 Å². The zero-order chi connectivity index (χ0) is 15.6. The predicted molar refractivity (Wildman–Crippen MR) is 84.3 cm³/mol. The molecule has 1 heterocycles. The number of Topliss-reactive ketones (excluding diaryl/α,β-unsaturated/α-hetero) is 2. The normalized spacial score (nSPS) is 21.2. The number of hydrogen-bond acceptors (Lipinski definition) is 4. The van der Waals surface area contributed by atoms with E-state index in [1.165, 1.54) is 0 Å². The van der Waals surface area contributed by atoms with E-state index in [9.17, 15) is 9.59 Å². The maximum Gasteiger partial charge on any atom is 0.185 e. The van der Waals surface area contributed by atoms with Crippen LogP contribution in [0.3, 0.4) is 0 Å². The minimum Gasteiger partial charge on any atom is -0.309 e. The van der Waals surface area contributed by atoms with Crippen molar-refractivity contribution in [2.75, 3.05) is 40.3 Å². The molecule has 0 amide bonds. The highest BCUT2D eigenvalue weighted by molar-refractivity contribution is 6.24. The van der Waals surface area contributed by atoms with E-state index in [0.29, 0.717) is 24.0 Å². The number of carbonyl (C=O) groups excluding carboxylic acids is 2. The third-order valence-corrected chi connectivity index (χ3v) is 4.59. The van der Waals surface area contributed by atoms with E-state index in [2.05, 4.69) is 23.9 Å². The third-order valence-electron chi connectivity index (χ3n) is 4.59. The first-order valence-corrected chi connectivity index (χ1v) is 7.77. The minimum atomic E-state index is 0.0947. The summed E-state index contributed by atoms with van der Waals surface area (Å²) >= 11 is 0. The molecule has 0 saturated heterocycles. The molecule has 4 heteroatoms. The second-order valence-corrected chi connectivity index (χ2v) is 6.36. The summed E-state index contributed by atoms with van der Waals surface area (Å²) in [5.41, 5.74) is 2.83. The molecular formula is C17H26N2O2. The van der Waals surface area contributed by atoms with Gasteiger partial charge in [0.05, 0.1) is 0 Å². The Kier molecular flexibility index (Phi) is 5.12. The number of nitrogens with zero attached hydrogens (tertiary/aromatic N) is 2. The Labute approximate surface area is 127 Å². The molecule has 116 valence electrons. The molecule has 0 N–H and O–H groups in total. The van der Waals surface area contributed by atoms with Crippen LogP contribution < -0.4 is 0 Å². The fraction of sp³-hybridized carbons (Fsp3) is 0.647. The van der Waals surface area contributed by atoms with E-state index in [4.69, 9.17) is 0 Å². The summed E-state index contributed by atoms with van der Waals surface area (Å²) in [5.74, 6) is 0.189. The smallest absolute Gasteiger partial charge is 0.185 e. The first kappa shape index (κ1) is 16.1. The van der Waals surface area contributed by atoms with Gasteiger partial charge in [-0.05, 0) is 60.3 Å². The average Bonchev–Trinajstić information content (AvgIpc) is 2.65. The molecule has 0 spiro atoms. The largest absolute Gasteiger partial charge is 0.309 e. The van der Waals surface area contributed by atoms with Crippen LogP contribution in [0.4, 0.5) is 0 Å². The van der Waals surface area contributed by atoms with Crippen molar-refractivity contribution in [1.82, 2.24) is 9.80 Å². The Morgan fingerprint density at radius 2 is 1.43 bits per heavy atom. The summed E-state index contributed by atoms with van der Waals surface area (Å²) in [4.78, 5) is 29.3. The van der Waals surface area contributed by atoms with Gasteiger partial charge in [-0.1, -0.05) is 0 Å². The van der Waals surface area contributed by atoms with Crippen LogP contribution >= 0.6 is 0 Å². The Morgan fingerprint density at radius 3 is 1.86 bits per heavy atom. The summed E-state index contributed by atoms with van der Waals surface area (Å²) in [6.45, 7) is 7.43. The van der Waals surface area contributed by atoms with Crippen molar-refractivity contribution in [3.05, 3.63) is 22.3 Å². The lowest BCUT2D eigenvalue weighted by molar-refractivity contribution is -0.116. The predicted octanol–water partition coefficient (Wildman–Crippen LogP) is 1.82. The molecule has 4 nitrogen and oxygen atoms in total. The number of carbonyl (C=O) groups is 2. The van der Waals surface area contributed by atoms with Crippen LogP contribution in [0.2, 0.25) is 0 Å². The first-order chi connectivity index (χ1) is 9.91. The summed E-state index contributed by atoms with van der Waals surface area (Å²) in [6.07, 6.45) is 2.55. The summed E-state index contributed by atoms with van der Waals surface area (Å²) in [5, 5.41) is 0. The Bertz CT molecular complexity index is 477. The van der Waals surface area contributed by atoms with Gasteiger partial charge in [-0.25, -0.2) is 0 Å². The van der Waals surface area contributed by atoms with Crippen LogP contribution in [0, 0.1) is 0 Å². The molecule has 21 heavy (non-hydrogen) atoms. The van der Waals surface area contributed by atoms with E-state index >= 15 is 0 Å². The fourth-order valence-corrected chi connectivity index (χ4v) is 3.08. The lowest BCUT2D eigenvalue weighted by atomic mass is 9.83. The molecule has 0 aromatic heterocycles. The molecule has 0 saturated carbocycles. The van der Waals surface area contributed by atoms with Gasteiger partial charge in [0.2, 0.25) is 0 Å². The second-order valence-electron chi connectivity index (χ2n) is 6.36. The number of rotatable bonds is 4. The van der Waals surface area contributed by atoms with Gasteiger partial charge in [0.25, 0.3) is 0 Å². The van der Waals surface area contributed by atoms with E-state index in [0.717, 1.165) is 43.7 Å². The molecule has 1 aliphatic heterocycles. The number of allylic oxidation sites excluding steroid dienone is 2. The zero-order valence-corrected chi connectivity index (χ0v) is 13.7. The highest BCUT2D eigenvalue weighted by Gasteiger charge is 2.31. The minimum absolute atomic E-state index is 0.0947. The van der Waals surface area contributed by atoms with Crippen molar-refractivity contribution in [3.63, 3.8) is 0 Å². The van der Waals surface area contributed by atoms with Crippen LogP contribution in [0.15, 0.2) is 22.3 Å². The van der Waals surface area contributed by atoms with E-state index in [1.54, 1.807) is 13.8 Å². The van der Waals surface area contributed by atoms with Crippen LogP contribution in [-0.2, 0) is 9.59 Å². The van der Waals surface area contributed by atoms with Gasteiger partial charge < -0.3 is 9.80 Å². The monoisotopic (exact) mass is 290 g/mol. The fourth-order valence-electron chi connectivity index (χ4n) is 3.08. The third kappa shape index (κ3) is 3.50. The maximum absolute atomic E-state index is 12.4. The van der Waals surface area contributed by atoms with Gasteiger partial charge in [0, 0.05) is 35.4 Å². The summed E-state index contributed by atoms with van der Waals surface area (Å²) in [6, 6.07) is 0. The number of hydrogen-bond donors (Lipinski definition) is 0. The standard InChI is InChI=1S/C17H26N2O2/c1-12-13(2)17(21)15-7-11-19(9-5-8-18(3)4)10-6-14(15)16(12)20/h5-11H2,1-4H3.